The minimum Gasteiger partial charge on any atom is -0.299 e. The Balaban J connectivity index is 0.00000190. The van der Waals surface area contributed by atoms with Crippen LogP contribution < -0.4 is 0 Å². The van der Waals surface area contributed by atoms with Crippen LogP contribution in [0.3, 0.4) is 0 Å². The Morgan fingerprint density at radius 1 is 1.00 bits per heavy atom. The molecule has 0 saturated heterocycles. The maximum atomic E-state index is 14.2. The highest BCUT2D eigenvalue weighted by molar-refractivity contribution is 6.10. The summed E-state index contributed by atoms with van der Waals surface area (Å²) in [5.74, 6) is -3.81. The van der Waals surface area contributed by atoms with Gasteiger partial charge in [0, 0.05) is 11.5 Å². The zero-order valence-corrected chi connectivity index (χ0v) is 16.3. The quantitative estimate of drug-likeness (QED) is 0.319. The van der Waals surface area contributed by atoms with Crippen LogP contribution >= 0.6 is 0 Å². The van der Waals surface area contributed by atoms with E-state index in [4.69, 9.17) is 0 Å². The molecule has 0 N–H and O–H groups in total. The first kappa shape index (κ1) is 23.5. The molecule has 0 heterocycles. The first-order chi connectivity index (χ1) is 13.2. The van der Waals surface area contributed by atoms with Gasteiger partial charge in [0.2, 0.25) is 0 Å². The zero-order chi connectivity index (χ0) is 21.5. The number of hydrogen-bond donors (Lipinski definition) is 0. The van der Waals surface area contributed by atoms with E-state index in [1.807, 2.05) is 13.8 Å². The van der Waals surface area contributed by atoms with Crippen molar-refractivity contribution in [3.63, 3.8) is 0 Å². The second kappa shape index (κ2) is 10.2. The SMILES string of the molecule is CC.CC[C@H](c1ccccc1F)C(C(C)=O)C(=O)c1cccc(C(F)(F)F)c1. The summed E-state index contributed by atoms with van der Waals surface area (Å²) >= 11 is 0. The van der Waals surface area contributed by atoms with E-state index in [-0.39, 0.29) is 17.5 Å². The fourth-order valence-corrected chi connectivity index (χ4v) is 3.09. The number of hydrogen-bond acceptors (Lipinski definition) is 2. The second-order valence-corrected chi connectivity index (χ2v) is 6.07. The number of rotatable bonds is 6. The molecule has 0 aliphatic carbocycles. The molecule has 0 amide bonds. The Kier molecular flexibility index (Phi) is 8.54. The fourth-order valence-electron chi connectivity index (χ4n) is 3.09. The molecule has 0 spiro atoms. The maximum absolute atomic E-state index is 14.2. The second-order valence-electron chi connectivity index (χ2n) is 6.07. The van der Waals surface area contributed by atoms with Gasteiger partial charge in [-0.05, 0) is 37.1 Å². The molecule has 2 atom stereocenters. The largest absolute Gasteiger partial charge is 0.416 e. The number of carbonyl (C=O) groups excluding carboxylic acids is 2. The molecular formula is C22H24F4O2. The normalized spacial score (nSPS) is 13.1. The Hall–Kier alpha value is -2.50. The highest BCUT2D eigenvalue weighted by atomic mass is 19.4. The van der Waals surface area contributed by atoms with Crippen LogP contribution in [-0.4, -0.2) is 11.6 Å². The molecule has 2 rings (SSSR count). The third-order valence-corrected chi connectivity index (χ3v) is 4.34. The van der Waals surface area contributed by atoms with Crippen molar-refractivity contribution >= 4 is 11.6 Å². The van der Waals surface area contributed by atoms with Gasteiger partial charge < -0.3 is 0 Å². The minimum atomic E-state index is -4.60. The van der Waals surface area contributed by atoms with Gasteiger partial charge in [0.1, 0.15) is 11.6 Å². The summed E-state index contributed by atoms with van der Waals surface area (Å²) in [7, 11) is 0. The van der Waals surface area contributed by atoms with Crippen LogP contribution in [0.15, 0.2) is 48.5 Å². The summed E-state index contributed by atoms with van der Waals surface area (Å²) in [5.41, 5.74) is -0.977. The molecule has 0 fully saturated rings. The van der Waals surface area contributed by atoms with E-state index in [1.165, 1.54) is 31.2 Å². The fraction of sp³-hybridized carbons (Fsp3) is 0.364. The van der Waals surface area contributed by atoms with E-state index in [1.54, 1.807) is 13.0 Å². The predicted octanol–water partition coefficient (Wildman–Crippen LogP) is 6.45. The van der Waals surface area contributed by atoms with Crippen molar-refractivity contribution in [1.29, 1.82) is 0 Å². The number of carbonyl (C=O) groups is 2. The van der Waals surface area contributed by atoms with Crippen LogP contribution in [0.1, 0.15) is 61.5 Å². The van der Waals surface area contributed by atoms with Crippen molar-refractivity contribution in [3.8, 4) is 0 Å². The molecule has 2 aromatic carbocycles. The molecule has 6 heteroatoms. The highest BCUT2D eigenvalue weighted by Crippen LogP contribution is 2.34. The summed E-state index contributed by atoms with van der Waals surface area (Å²) in [6, 6.07) is 9.73. The summed E-state index contributed by atoms with van der Waals surface area (Å²) < 4.78 is 52.9. The lowest BCUT2D eigenvalue weighted by Crippen LogP contribution is -2.29. The molecular weight excluding hydrogens is 372 g/mol. The smallest absolute Gasteiger partial charge is 0.299 e. The van der Waals surface area contributed by atoms with Gasteiger partial charge >= 0.3 is 6.18 Å². The van der Waals surface area contributed by atoms with Gasteiger partial charge in [-0.3, -0.25) is 9.59 Å². The van der Waals surface area contributed by atoms with Gasteiger partial charge in [0.05, 0.1) is 11.5 Å². The van der Waals surface area contributed by atoms with Crippen LogP contribution in [0.25, 0.3) is 0 Å². The van der Waals surface area contributed by atoms with Crippen molar-refractivity contribution < 1.29 is 27.2 Å². The van der Waals surface area contributed by atoms with Crippen LogP contribution in [0.4, 0.5) is 17.6 Å². The molecule has 0 aromatic heterocycles. The number of alkyl halides is 3. The summed E-state index contributed by atoms with van der Waals surface area (Å²) in [4.78, 5) is 25.0. The van der Waals surface area contributed by atoms with Gasteiger partial charge in [-0.15, -0.1) is 0 Å². The third-order valence-electron chi connectivity index (χ3n) is 4.34. The molecule has 0 saturated carbocycles. The summed E-state index contributed by atoms with van der Waals surface area (Å²) in [5, 5.41) is 0. The predicted molar refractivity (Wildman–Crippen MR) is 101 cm³/mol. The molecule has 28 heavy (non-hydrogen) atoms. The molecule has 0 aliphatic rings. The highest BCUT2D eigenvalue weighted by Gasteiger charge is 2.36. The number of ketones is 2. The minimum absolute atomic E-state index is 0.204. The Morgan fingerprint density at radius 2 is 1.61 bits per heavy atom. The van der Waals surface area contributed by atoms with Gasteiger partial charge in [-0.2, -0.15) is 13.2 Å². The zero-order valence-electron chi connectivity index (χ0n) is 16.3. The van der Waals surface area contributed by atoms with Gasteiger partial charge in [-0.1, -0.05) is 51.1 Å². The molecule has 2 nitrogen and oxygen atoms in total. The van der Waals surface area contributed by atoms with Crippen LogP contribution in [0.5, 0.6) is 0 Å². The molecule has 152 valence electrons. The van der Waals surface area contributed by atoms with Crippen LogP contribution in [0, 0.1) is 11.7 Å². The third kappa shape index (κ3) is 5.50. The monoisotopic (exact) mass is 396 g/mol. The number of benzene rings is 2. The van der Waals surface area contributed by atoms with Gasteiger partial charge in [0.25, 0.3) is 0 Å². The lowest BCUT2D eigenvalue weighted by atomic mass is 9.77. The van der Waals surface area contributed by atoms with Crippen molar-refractivity contribution in [3.05, 3.63) is 71.0 Å². The average molecular weight is 396 g/mol. The van der Waals surface area contributed by atoms with E-state index in [0.29, 0.717) is 0 Å². The van der Waals surface area contributed by atoms with Gasteiger partial charge in [0.15, 0.2) is 5.78 Å². The van der Waals surface area contributed by atoms with Crippen molar-refractivity contribution in [2.45, 2.75) is 46.2 Å². The van der Waals surface area contributed by atoms with Crippen LogP contribution in [-0.2, 0) is 11.0 Å². The molecule has 2 aromatic rings. The van der Waals surface area contributed by atoms with E-state index >= 15 is 0 Å². The number of halogens is 4. The van der Waals surface area contributed by atoms with Crippen molar-refractivity contribution in [2.24, 2.45) is 5.92 Å². The van der Waals surface area contributed by atoms with Gasteiger partial charge in [-0.25, -0.2) is 4.39 Å². The molecule has 0 radical (unpaired) electrons. The van der Waals surface area contributed by atoms with Crippen molar-refractivity contribution in [1.82, 2.24) is 0 Å². The van der Waals surface area contributed by atoms with Crippen LogP contribution in [0.2, 0.25) is 0 Å². The molecule has 1 unspecified atom stereocenters. The first-order valence-corrected chi connectivity index (χ1v) is 9.13. The lowest BCUT2D eigenvalue weighted by Gasteiger charge is -2.24. The Morgan fingerprint density at radius 3 is 2.11 bits per heavy atom. The Bertz CT molecular complexity index is 812. The summed E-state index contributed by atoms with van der Waals surface area (Å²) in [6.45, 7) is 6.89. The summed E-state index contributed by atoms with van der Waals surface area (Å²) in [6.07, 6.45) is -4.31. The van der Waals surface area contributed by atoms with E-state index in [2.05, 4.69) is 0 Å². The maximum Gasteiger partial charge on any atom is 0.416 e. The molecule has 0 aliphatic heterocycles. The molecule has 0 bridgehead atoms. The Labute approximate surface area is 162 Å². The average Bonchev–Trinajstić information content (AvgIpc) is 2.67. The van der Waals surface area contributed by atoms with E-state index < -0.39 is 41.0 Å². The van der Waals surface area contributed by atoms with E-state index in [0.717, 1.165) is 18.2 Å². The topological polar surface area (TPSA) is 34.1 Å². The number of Topliss-reactive ketones (excluding diaryl/α,β-unsaturated/α-hetero) is 2. The first-order valence-electron chi connectivity index (χ1n) is 9.13. The van der Waals surface area contributed by atoms with Crippen molar-refractivity contribution in [2.75, 3.05) is 0 Å². The lowest BCUT2D eigenvalue weighted by molar-refractivity contribution is -0.137. The standard InChI is InChI=1S/C20H18F4O2.C2H6/c1-3-15(16-9-4-5-10-17(16)21)18(12(2)25)19(26)13-7-6-8-14(11-13)20(22,23)24;1-2/h4-11,15,18H,3H2,1-2H3;1-2H3/t15-,18?;/m1./s1. The van der Waals surface area contributed by atoms with E-state index in [9.17, 15) is 27.2 Å².